The van der Waals surface area contributed by atoms with E-state index in [-0.39, 0.29) is 23.7 Å². The van der Waals surface area contributed by atoms with Gasteiger partial charge in [-0.25, -0.2) is 4.79 Å². The lowest BCUT2D eigenvalue weighted by molar-refractivity contribution is -0.384. The molecule has 0 aliphatic heterocycles. The summed E-state index contributed by atoms with van der Waals surface area (Å²) < 4.78 is 4.92. The molecule has 0 saturated carbocycles. The molecule has 0 saturated heterocycles. The van der Waals surface area contributed by atoms with Crippen LogP contribution < -0.4 is 4.90 Å². The molecule has 116 valence electrons. The van der Waals surface area contributed by atoms with Gasteiger partial charge in [0.1, 0.15) is 5.69 Å². The number of aromatic nitrogens is 3. The van der Waals surface area contributed by atoms with Crippen LogP contribution in [0.5, 0.6) is 0 Å². The maximum atomic E-state index is 11.9. The molecule has 1 aromatic heterocycles. The molecule has 2 rings (SSSR count). The topological polar surface area (TPSA) is 114 Å². The highest BCUT2D eigenvalue weighted by Crippen LogP contribution is 2.33. The minimum atomic E-state index is -0.637. The Kier molecular flexibility index (Phi) is 4.35. The second-order valence-corrected chi connectivity index (χ2v) is 4.59. The minimum Gasteiger partial charge on any atom is -0.461 e. The van der Waals surface area contributed by atoms with Crippen molar-refractivity contribution in [3.8, 4) is 11.3 Å². The quantitative estimate of drug-likeness (QED) is 0.507. The van der Waals surface area contributed by atoms with E-state index in [9.17, 15) is 14.9 Å². The molecule has 1 heterocycles. The molecule has 0 aliphatic rings. The molecule has 0 atom stereocenters. The van der Waals surface area contributed by atoms with Gasteiger partial charge in [-0.3, -0.25) is 10.1 Å². The smallest absolute Gasteiger partial charge is 0.361 e. The van der Waals surface area contributed by atoms with Crippen LogP contribution in [-0.4, -0.2) is 47.0 Å². The van der Waals surface area contributed by atoms with Crippen molar-refractivity contribution < 1.29 is 14.5 Å². The Bertz CT molecular complexity index is 710. The average Bonchev–Trinajstić information content (AvgIpc) is 2.96. The van der Waals surface area contributed by atoms with Crippen molar-refractivity contribution in [1.82, 2.24) is 15.4 Å². The number of nitrogens with one attached hydrogen (secondary N) is 1. The van der Waals surface area contributed by atoms with Gasteiger partial charge in [-0.15, -0.1) is 5.10 Å². The standard InChI is InChI=1S/C13H15N5O4/c1-4-22-13(19)12-11(14-16-15-12)9-7-8(18(20)21)5-6-10(9)17(2)3/h5-7H,4H2,1-3H3,(H,14,15,16). The Labute approximate surface area is 126 Å². The molecule has 0 unspecified atom stereocenters. The number of carbonyl (C=O) groups excluding carboxylic acids is 1. The molecular formula is C13H15N5O4. The fourth-order valence-corrected chi connectivity index (χ4v) is 1.98. The molecule has 22 heavy (non-hydrogen) atoms. The number of anilines is 1. The molecule has 1 N–H and O–H groups in total. The first-order chi connectivity index (χ1) is 10.5. The Morgan fingerprint density at radius 3 is 2.73 bits per heavy atom. The number of aromatic amines is 1. The zero-order chi connectivity index (χ0) is 16.3. The summed E-state index contributed by atoms with van der Waals surface area (Å²) in [5, 5.41) is 21.1. The monoisotopic (exact) mass is 305 g/mol. The summed E-state index contributed by atoms with van der Waals surface area (Å²) in [4.78, 5) is 24.1. The number of ether oxygens (including phenoxy) is 1. The number of nitrogens with zero attached hydrogens (tertiary/aromatic N) is 4. The molecule has 0 fully saturated rings. The lowest BCUT2D eigenvalue weighted by Crippen LogP contribution is -2.12. The number of non-ortho nitro benzene ring substituents is 1. The molecule has 0 aliphatic carbocycles. The van der Waals surface area contributed by atoms with E-state index < -0.39 is 10.9 Å². The summed E-state index contributed by atoms with van der Waals surface area (Å²) in [5.74, 6) is -0.637. The van der Waals surface area contributed by atoms with Crippen LogP contribution in [0, 0.1) is 10.1 Å². The average molecular weight is 305 g/mol. The third-order valence-corrected chi connectivity index (χ3v) is 2.94. The summed E-state index contributed by atoms with van der Waals surface area (Å²) in [6.07, 6.45) is 0. The predicted molar refractivity (Wildman–Crippen MR) is 78.8 cm³/mol. The zero-order valence-electron chi connectivity index (χ0n) is 12.4. The first-order valence-electron chi connectivity index (χ1n) is 6.49. The zero-order valence-corrected chi connectivity index (χ0v) is 12.4. The largest absolute Gasteiger partial charge is 0.461 e. The number of rotatable bonds is 5. The number of carbonyl (C=O) groups is 1. The Morgan fingerprint density at radius 2 is 2.14 bits per heavy atom. The fraction of sp³-hybridized carbons (Fsp3) is 0.308. The van der Waals surface area contributed by atoms with Gasteiger partial charge < -0.3 is 9.64 Å². The molecule has 9 heteroatoms. The van der Waals surface area contributed by atoms with Crippen molar-refractivity contribution in [3.05, 3.63) is 34.0 Å². The van der Waals surface area contributed by atoms with Gasteiger partial charge in [0.05, 0.1) is 11.5 Å². The van der Waals surface area contributed by atoms with Crippen molar-refractivity contribution in [3.63, 3.8) is 0 Å². The van der Waals surface area contributed by atoms with Crippen molar-refractivity contribution in [2.24, 2.45) is 0 Å². The fourth-order valence-electron chi connectivity index (χ4n) is 1.98. The van der Waals surface area contributed by atoms with E-state index >= 15 is 0 Å². The minimum absolute atomic E-state index is 0.00884. The summed E-state index contributed by atoms with van der Waals surface area (Å²) in [7, 11) is 3.57. The van der Waals surface area contributed by atoms with Crippen LogP contribution in [0.4, 0.5) is 11.4 Å². The van der Waals surface area contributed by atoms with Crippen LogP contribution in [-0.2, 0) is 4.74 Å². The Morgan fingerprint density at radius 1 is 1.41 bits per heavy atom. The third-order valence-electron chi connectivity index (χ3n) is 2.94. The maximum Gasteiger partial charge on any atom is 0.361 e. The molecule has 0 spiro atoms. The summed E-state index contributed by atoms with van der Waals surface area (Å²) in [6, 6.07) is 4.34. The van der Waals surface area contributed by atoms with E-state index in [1.165, 1.54) is 12.1 Å². The van der Waals surface area contributed by atoms with Crippen molar-refractivity contribution in [2.45, 2.75) is 6.92 Å². The lowest BCUT2D eigenvalue weighted by atomic mass is 10.1. The number of hydrogen-bond donors (Lipinski definition) is 1. The number of esters is 1. The first-order valence-corrected chi connectivity index (χ1v) is 6.49. The first kappa shape index (κ1) is 15.4. The van der Waals surface area contributed by atoms with Crippen LogP contribution in [0.25, 0.3) is 11.3 Å². The van der Waals surface area contributed by atoms with E-state index in [4.69, 9.17) is 4.74 Å². The molecule has 0 radical (unpaired) electrons. The maximum absolute atomic E-state index is 11.9. The van der Waals surface area contributed by atoms with Gasteiger partial charge in [-0.05, 0) is 13.0 Å². The van der Waals surface area contributed by atoms with Crippen LogP contribution in [0.3, 0.4) is 0 Å². The van der Waals surface area contributed by atoms with E-state index in [1.54, 1.807) is 32.0 Å². The van der Waals surface area contributed by atoms with Crippen molar-refractivity contribution >= 4 is 17.3 Å². The third kappa shape index (κ3) is 2.87. The molecule has 0 amide bonds. The van der Waals surface area contributed by atoms with Gasteiger partial charge >= 0.3 is 5.97 Å². The van der Waals surface area contributed by atoms with E-state index in [0.717, 1.165) is 0 Å². The molecule has 1 aromatic carbocycles. The number of hydrogen-bond acceptors (Lipinski definition) is 7. The Balaban J connectivity index is 2.60. The Hall–Kier alpha value is -2.97. The highest BCUT2D eigenvalue weighted by molar-refractivity contribution is 5.96. The van der Waals surface area contributed by atoms with Gasteiger partial charge in [0, 0.05) is 37.5 Å². The van der Waals surface area contributed by atoms with Gasteiger partial charge in [0.2, 0.25) is 0 Å². The van der Waals surface area contributed by atoms with Crippen LogP contribution in [0.15, 0.2) is 18.2 Å². The second kappa shape index (κ2) is 6.20. The second-order valence-electron chi connectivity index (χ2n) is 4.59. The summed E-state index contributed by atoms with van der Waals surface area (Å²) in [5.41, 5.74) is 1.20. The molecule has 2 aromatic rings. The highest BCUT2D eigenvalue weighted by Gasteiger charge is 2.23. The number of nitro groups is 1. The SMILES string of the molecule is CCOC(=O)c1n[nH]nc1-c1cc([N+](=O)[O-])ccc1N(C)C. The summed E-state index contributed by atoms with van der Waals surface area (Å²) in [6.45, 7) is 1.87. The highest BCUT2D eigenvalue weighted by atomic mass is 16.6. The molecule has 0 bridgehead atoms. The van der Waals surface area contributed by atoms with Crippen LogP contribution >= 0.6 is 0 Å². The molecule has 9 nitrogen and oxygen atoms in total. The van der Waals surface area contributed by atoms with Crippen LogP contribution in [0.1, 0.15) is 17.4 Å². The summed E-state index contributed by atoms with van der Waals surface area (Å²) >= 11 is 0. The number of H-pyrrole nitrogens is 1. The van der Waals surface area contributed by atoms with E-state index in [0.29, 0.717) is 11.3 Å². The van der Waals surface area contributed by atoms with Crippen LogP contribution in [0.2, 0.25) is 0 Å². The number of nitro benzene ring substituents is 1. The van der Waals surface area contributed by atoms with E-state index in [1.807, 2.05) is 0 Å². The van der Waals surface area contributed by atoms with Crippen molar-refractivity contribution in [1.29, 1.82) is 0 Å². The van der Waals surface area contributed by atoms with Crippen molar-refractivity contribution in [2.75, 3.05) is 25.6 Å². The number of benzene rings is 1. The van der Waals surface area contributed by atoms with Gasteiger partial charge in [0.15, 0.2) is 5.69 Å². The van der Waals surface area contributed by atoms with Gasteiger partial charge in [-0.1, -0.05) is 0 Å². The molecular weight excluding hydrogens is 290 g/mol. The van der Waals surface area contributed by atoms with E-state index in [2.05, 4.69) is 15.4 Å². The predicted octanol–water partition coefficient (Wildman–Crippen LogP) is 1.62. The normalized spacial score (nSPS) is 10.3. The van der Waals surface area contributed by atoms with Gasteiger partial charge in [-0.2, -0.15) is 10.3 Å². The van der Waals surface area contributed by atoms with Gasteiger partial charge in [0.25, 0.3) is 5.69 Å². The lowest BCUT2D eigenvalue weighted by Gasteiger charge is -2.16.